The molecule has 4 N–H and O–H groups in total. The Morgan fingerprint density at radius 3 is 2.65 bits per heavy atom. The minimum absolute atomic E-state index is 0.284. The van der Waals surface area contributed by atoms with E-state index in [1.807, 2.05) is 6.92 Å². The summed E-state index contributed by atoms with van der Waals surface area (Å²) in [6.45, 7) is 3.66. The second kappa shape index (κ2) is 7.45. The Balaban J connectivity index is 1.97. The lowest BCUT2D eigenvalue weighted by atomic mass is 10.2. The van der Waals surface area contributed by atoms with Crippen molar-refractivity contribution in [1.29, 1.82) is 0 Å². The predicted octanol–water partition coefficient (Wildman–Crippen LogP) is 3.71. The fourth-order valence-corrected chi connectivity index (χ4v) is 2.94. The Hall–Kier alpha value is -2.09. The molecule has 1 aromatic carbocycles. The van der Waals surface area contributed by atoms with Gasteiger partial charge in [-0.05, 0) is 49.7 Å². The van der Waals surface area contributed by atoms with E-state index in [0.717, 1.165) is 10.4 Å². The van der Waals surface area contributed by atoms with Crippen LogP contribution in [0, 0.1) is 6.92 Å². The van der Waals surface area contributed by atoms with Crippen molar-refractivity contribution in [2.75, 3.05) is 5.32 Å². The van der Waals surface area contributed by atoms with Gasteiger partial charge in [0.1, 0.15) is 0 Å². The van der Waals surface area contributed by atoms with Crippen LogP contribution in [0.2, 0.25) is 5.02 Å². The smallest absolute Gasteiger partial charge is 0.319 e. The summed E-state index contributed by atoms with van der Waals surface area (Å²) < 4.78 is 0. The summed E-state index contributed by atoms with van der Waals surface area (Å²) in [4.78, 5) is 24.5. The molecule has 0 aliphatic carbocycles. The highest BCUT2D eigenvalue weighted by Gasteiger charge is 2.15. The summed E-state index contributed by atoms with van der Waals surface area (Å²) in [6, 6.07) is 7.89. The number of urea groups is 1. The molecule has 0 aliphatic heterocycles. The average Bonchev–Trinajstić information content (AvgIpc) is 3.00. The van der Waals surface area contributed by atoms with E-state index in [2.05, 4.69) is 10.6 Å². The van der Waals surface area contributed by atoms with Crippen LogP contribution < -0.4 is 16.1 Å². The number of nitrogens with one attached hydrogen (secondary N) is 3. The van der Waals surface area contributed by atoms with E-state index < -0.39 is 5.91 Å². The second-order valence-electron chi connectivity index (χ2n) is 4.93. The third-order valence-electron chi connectivity index (χ3n) is 3.14. The molecule has 0 spiro atoms. The number of benzene rings is 1. The number of anilines is 1. The van der Waals surface area contributed by atoms with Crippen LogP contribution in [0.4, 0.5) is 10.5 Å². The van der Waals surface area contributed by atoms with Gasteiger partial charge in [-0.1, -0.05) is 11.6 Å². The molecule has 1 heterocycles. The number of hydrogen-bond donors (Lipinski definition) is 4. The van der Waals surface area contributed by atoms with E-state index in [0.29, 0.717) is 15.6 Å². The normalized spacial score (nSPS) is 11.7. The standard InChI is InChI=1S/C15H16ClN3O3S/c1-8-7-10(3-4-11(8)16)18-15(21)17-9(2)12-5-6-13(23-12)14(20)19-22/h3-7,9,22H,1-2H3,(H,19,20)(H2,17,18,21). The van der Waals surface area contributed by atoms with Gasteiger partial charge in [-0.25, -0.2) is 10.3 Å². The van der Waals surface area contributed by atoms with Crippen molar-refractivity contribution in [2.24, 2.45) is 0 Å². The molecule has 2 aromatic rings. The lowest BCUT2D eigenvalue weighted by molar-refractivity contribution is 0.0711. The van der Waals surface area contributed by atoms with Crippen molar-refractivity contribution in [1.82, 2.24) is 10.8 Å². The number of rotatable bonds is 4. The van der Waals surface area contributed by atoms with Crippen molar-refractivity contribution < 1.29 is 14.8 Å². The summed E-state index contributed by atoms with van der Waals surface area (Å²) in [5.74, 6) is -0.574. The first kappa shape index (κ1) is 17.3. The van der Waals surface area contributed by atoms with Gasteiger partial charge in [-0.3, -0.25) is 10.0 Å². The molecule has 122 valence electrons. The monoisotopic (exact) mass is 353 g/mol. The number of thiophene rings is 1. The largest absolute Gasteiger partial charge is 0.331 e. The molecule has 0 saturated heterocycles. The first-order chi connectivity index (χ1) is 10.9. The van der Waals surface area contributed by atoms with Gasteiger partial charge in [0.05, 0.1) is 10.9 Å². The maximum Gasteiger partial charge on any atom is 0.319 e. The molecule has 1 unspecified atom stereocenters. The summed E-state index contributed by atoms with van der Waals surface area (Å²) in [7, 11) is 0. The molecule has 0 aliphatic rings. The number of amides is 3. The Kier molecular flexibility index (Phi) is 5.59. The van der Waals surface area contributed by atoms with Crippen LogP contribution in [0.1, 0.15) is 33.1 Å². The molecule has 8 heteroatoms. The van der Waals surface area contributed by atoms with Crippen LogP contribution in [0.3, 0.4) is 0 Å². The van der Waals surface area contributed by atoms with Crippen molar-refractivity contribution in [3.8, 4) is 0 Å². The zero-order chi connectivity index (χ0) is 17.0. The molecule has 6 nitrogen and oxygen atoms in total. The number of halogens is 1. The first-order valence-electron chi connectivity index (χ1n) is 6.78. The Morgan fingerprint density at radius 2 is 2.00 bits per heavy atom. The fraction of sp³-hybridized carbons (Fsp3) is 0.200. The number of aryl methyl sites for hydroxylation is 1. The van der Waals surface area contributed by atoms with Gasteiger partial charge in [-0.2, -0.15) is 0 Å². The minimum Gasteiger partial charge on any atom is -0.331 e. The van der Waals surface area contributed by atoms with Gasteiger partial charge in [0.15, 0.2) is 0 Å². The zero-order valence-corrected chi connectivity index (χ0v) is 14.1. The van der Waals surface area contributed by atoms with Crippen LogP contribution in [-0.4, -0.2) is 17.1 Å². The molecule has 0 saturated carbocycles. The molecular weight excluding hydrogens is 338 g/mol. The second-order valence-corrected chi connectivity index (χ2v) is 6.45. The van der Waals surface area contributed by atoms with E-state index in [9.17, 15) is 9.59 Å². The Morgan fingerprint density at radius 1 is 1.26 bits per heavy atom. The van der Waals surface area contributed by atoms with Crippen LogP contribution in [0.25, 0.3) is 0 Å². The van der Waals surface area contributed by atoms with Crippen molar-refractivity contribution in [3.63, 3.8) is 0 Å². The summed E-state index contributed by atoms with van der Waals surface area (Å²) in [5.41, 5.74) is 3.09. The van der Waals surface area contributed by atoms with Gasteiger partial charge in [-0.15, -0.1) is 11.3 Å². The predicted molar refractivity (Wildman–Crippen MR) is 90.3 cm³/mol. The SMILES string of the molecule is Cc1cc(NC(=O)NC(C)c2ccc(C(=O)NO)s2)ccc1Cl. The lowest BCUT2D eigenvalue weighted by Crippen LogP contribution is -2.30. The van der Waals surface area contributed by atoms with Crippen LogP contribution in [0.5, 0.6) is 0 Å². The van der Waals surface area contributed by atoms with E-state index in [4.69, 9.17) is 16.8 Å². The molecular formula is C15H16ClN3O3S. The highest BCUT2D eigenvalue weighted by molar-refractivity contribution is 7.14. The van der Waals surface area contributed by atoms with Crippen molar-refractivity contribution in [2.45, 2.75) is 19.9 Å². The highest BCUT2D eigenvalue weighted by Crippen LogP contribution is 2.23. The molecule has 0 bridgehead atoms. The number of carbonyl (C=O) groups excluding carboxylic acids is 2. The van der Waals surface area contributed by atoms with Crippen molar-refractivity contribution in [3.05, 3.63) is 50.7 Å². The van der Waals surface area contributed by atoms with Gasteiger partial charge < -0.3 is 10.6 Å². The third kappa shape index (κ3) is 4.44. The summed E-state index contributed by atoms with van der Waals surface area (Å²) in [5, 5.41) is 14.8. The maximum absolute atomic E-state index is 12.0. The van der Waals surface area contributed by atoms with Crippen LogP contribution in [-0.2, 0) is 0 Å². The fourth-order valence-electron chi connectivity index (χ4n) is 1.92. The van der Waals surface area contributed by atoms with E-state index in [1.54, 1.807) is 42.7 Å². The first-order valence-corrected chi connectivity index (χ1v) is 7.98. The molecule has 2 rings (SSSR count). The van der Waals surface area contributed by atoms with Crippen molar-refractivity contribution >= 4 is 40.6 Å². The maximum atomic E-state index is 12.0. The summed E-state index contributed by atoms with van der Waals surface area (Å²) >= 11 is 7.14. The van der Waals surface area contributed by atoms with Gasteiger partial charge in [0, 0.05) is 15.6 Å². The van der Waals surface area contributed by atoms with Gasteiger partial charge in [0.2, 0.25) is 0 Å². The highest BCUT2D eigenvalue weighted by atomic mass is 35.5. The lowest BCUT2D eigenvalue weighted by Gasteiger charge is -2.13. The quantitative estimate of drug-likeness (QED) is 0.499. The molecule has 1 aromatic heterocycles. The van der Waals surface area contributed by atoms with Crippen LogP contribution in [0.15, 0.2) is 30.3 Å². The number of hydroxylamine groups is 1. The number of hydrogen-bond acceptors (Lipinski definition) is 4. The third-order valence-corrected chi connectivity index (χ3v) is 4.83. The molecule has 0 fully saturated rings. The van der Waals surface area contributed by atoms with E-state index in [-0.39, 0.29) is 12.1 Å². The minimum atomic E-state index is -0.574. The van der Waals surface area contributed by atoms with Crippen LogP contribution >= 0.6 is 22.9 Å². The van der Waals surface area contributed by atoms with Gasteiger partial charge in [0.25, 0.3) is 5.91 Å². The molecule has 23 heavy (non-hydrogen) atoms. The topological polar surface area (TPSA) is 90.5 Å². The Bertz CT molecular complexity index is 733. The number of carbonyl (C=O) groups is 2. The molecule has 0 radical (unpaired) electrons. The molecule has 3 amide bonds. The van der Waals surface area contributed by atoms with E-state index in [1.165, 1.54) is 11.3 Å². The Labute approximate surface area is 142 Å². The summed E-state index contributed by atoms with van der Waals surface area (Å²) in [6.07, 6.45) is 0. The van der Waals surface area contributed by atoms with Gasteiger partial charge >= 0.3 is 6.03 Å². The van der Waals surface area contributed by atoms with E-state index >= 15 is 0 Å². The molecule has 1 atom stereocenters. The zero-order valence-electron chi connectivity index (χ0n) is 12.5. The average molecular weight is 354 g/mol.